The molecule has 1 fully saturated rings. The van der Waals surface area contributed by atoms with Crippen LogP contribution in [0.4, 0.5) is 0 Å². The van der Waals surface area contributed by atoms with E-state index in [9.17, 15) is 34.5 Å². The van der Waals surface area contributed by atoms with E-state index in [1.807, 2.05) is 0 Å². The Morgan fingerprint density at radius 1 is 0.465 bits per heavy atom. The maximum atomic E-state index is 13.1. The summed E-state index contributed by atoms with van der Waals surface area (Å²) in [6, 6.07) is 0. The quantitative estimate of drug-likeness (QED) is 0.0228. The summed E-state index contributed by atoms with van der Waals surface area (Å²) in [4.78, 5) is 51.0. The number of aliphatic hydroxyl groups excluding tert-OH is 2. The van der Waals surface area contributed by atoms with Crippen molar-refractivity contribution in [2.75, 3.05) is 13.2 Å². The Morgan fingerprint density at radius 3 is 1.32 bits per heavy atom. The molecule has 12 nitrogen and oxygen atoms in total. The zero-order valence-electron chi connectivity index (χ0n) is 44.7. The predicted octanol–water partition coefficient (Wildman–Crippen LogP) is 14.0. The monoisotopic (exact) mass is 1000 g/mol. The van der Waals surface area contributed by atoms with E-state index in [1.54, 1.807) is 0 Å². The number of allylic oxidation sites excluding steroid dienone is 10. The van der Waals surface area contributed by atoms with Crippen molar-refractivity contribution in [3.63, 3.8) is 0 Å². The van der Waals surface area contributed by atoms with Crippen molar-refractivity contribution >= 4 is 23.9 Å². The molecule has 0 saturated carbocycles. The smallest absolute Gasteiger partial charge is 0.335 e. The Kier molecular flexibility index (Phi) is 43.7. The summed E-state index contributed by atoms with van der Waals surface area (Å²) in [5.41, 5.74) is 0. The van der Waals surface area contributed by atoms with Crippen LogP contribution in [0, 0.1) is 0 Å². The maximum Gasteiger partial charge on any atom is 0.335 e. The molecule has 1 heterocycles. The molecule has 0 radical (unpaired) electrons. The van der Waals surface area contributed by atoms with Crippen LogP contribution >= 0.6 is 0 Å². The summed E-state index contributed by atoms with van der Waals surface area (Å²) in [5.74, 6) is -3.17. The Balaban J connectivity index is 2.72. The molecule has 1 saturated heterocycles. The molecule has 408 valence electrons. The van der Waals surface area contributed by atoms with Gasteiger partial charge in [0, 0.05) is 19.3 Å². The molecule has 0 aromatic heterocycles. The van der Waals surface area contributed by atoms with Crippen molar-refractivity contribution in [3.05, 3.63) is 60.8 Å². The van der Waals surface area contributed by atoms with Gasteiger partial charge in [0.2, 0.25) is 0 Å². The minimum absolute atomic E-state index is 0.0415. The zero-order valence-corrected chi connectivity index (χ0v) is 44.7. The molecular weight excluding hydrogens is 901 g/mol. The number of ether oxygens (including phenoxy) is 5. The largest absolute Gasteiger partial charge is 0.479 e. The lowest BCUT2D eigenvalue weighted by molar-refractivity contribution is -0.301. The van der Waals surface area contributed by atoms with Crippen LogP contribution in [0.2, 0.25) is 0 Å². The Bertz CT molecular complexity index is 1470. The number of carboxylic acids is 1. The first kappa shape index (κ1) is 65.4. The maximum absolute atomic E-state index is 13.1. The zero-order chi connectivity index (χ0) is 51.8. The highest BCUT2D eigenvalue weighted by Crippen LogP contribution is 2.26. The van der Waals surface area contributed by atoms with Gasteiger partial charge in [-0.2, -0.15) is 0 Å². The number of unbranched alkanes of at least 4 members (excludes halogenated alkanes) is 23. The fourth-order valence-corrected chi connectivity index (χ4v) is 8.11. The lowest BCUT2D eigenvalue weighted by Crippen LogP contribution is -2.61. The van der Waals surface area contributed by atoms with Gasteiger partial charge in [-0.05, 0) is 103 Å². The molecule has 0 bridgehead atoms. The molecule has 1 aliphatic heterocycles. The number of aliphatic hydroxyl groups is 2. The van der Waals surface area contributed by atoms with E-state index in [0.29, 0.717) is 19.3 Å². The standard InChI is InChI=1S/C59H100O12/c1-4-7-10-13-16-19-22-24-26-28-31-33-36-39-42-45-51(60)67-48-50(69-52(61)46-43-40-37-34-30-21-18-15-12-9-6-3)49-68-59-57(55(64)54(63)56(71-59)58(65)66)70-53(62)47-44-41-38-35-32-29-27-25-23-20-17-14-11-8-5-2/h15-20,24-27,50,54-57,59,63-64H,4-14,21-23,28-49H2,1-3H3,(H,65,66)/b18-15-,19-16-,20-17-,26-24-,27-25-. The van der Waals surface area contributed by atoms with Crippen molar-refractivity contribution in [1.29, 1.82) is 0 Å². The van der Waals surface area contributed by atoms with Crippen molar-refractivity contribution in [3.8, 4) is 0 Å². The number of hydrogen-bond acceptors (Lipinski definition) is 11. The topological polar surface area (TPSA) is 175 Å². The van der Waals surface area contributed by atoms with E-state index in [1.165, 1.54) is 51.4 Å². The van der Waals surface area contributed by atoms with Crippen LogP contribution in [0.25, 0.3) is 0 Å². The number of carbonyl (C=O) groups excluding carboxylic acids is 3. The van der Waals surface area contributed by atoms with Gasteiger partial charge in [-0.1, -0.05) is 178 Å². The summed E-state index contributed by atoms with van der Waals surface area (Å²) in [5, 5.41) is 31.4. The summed E-state index contributed by atoms with van der Waals surface area (Å²) in [7, 11) is 0. The summed E-state index contributed by atoms with van der Waals surface area (Å²) in [6.45, 7) is 5.86. The summed E-state index contributed by atoms with van der Waals surface area (Å²) >= 11 is 0. The first-order valence-electron chi connectivity index (χ1n) is 28.3. The Morgan fingerprint density at radius 2 is 0.859 bits per heavy atom. The second kappa shape index (κ2) is 47.4. The normalized spacial score (nSPS) is 18.9. The molecule has 6 unspecified atom stereocenters. The number of hydrogen-bond donors (Lipinski definition) is 3. The molecular formula is C59H100O12. The first-order chi connectivity index (χ1) is 34.6. The number of esters is 3. The fraction of sp³-hybridized carbons (Fsp3) is 0.763. The number of rotatable bonds is 47. The lowest BCUT2D eigenvalue weighted by Gasteiger charge is -2.40. The van der Waals surface area contributed by atoms with Crippen molar-refractivity contribution < 1.29 is 58.2 Å². The van der Waals surface area contributed by atoms with E-state index in [2.05, 4.69) is 81.5 Å². The van der Waals surface area contributed by atoms with E-state index < -0.39 is 67.3 Å². The highest BCUT2D eigenvalue weighted by atomic mass is 16.7. The van der Waals surface area contributed by atoms with Gasteiger partial charge in [0.05, 0.1) is 6.61 Å². The molecule has 0 aromatic carbocycles. The lowest BCUT2D eigenvalue weighted by atomic mass is 9.98. The van der Waals surface area contributed by atoms with Gasteiger partial charge in [0.1, 0.15) is 18.8 Å². The van der Waals surface area contributed by atoms with Crippen molar-refractivity contribution in [1.82, 2.24) is 0 Å². The highest BCUT2D eigenvalue weighted by molar-refractivity contribution is 5.74. The second-order valence-electron chi connectivity index (χ2n) is 19.2. The van der Waals surface area contributed by atoms with E-state index >= 15 is 0 Å². The second-order valence-corrected chi connectivity index (χ2v) is 19.2. The average molecular weight is 1000 g/mol. The minimum atomic E-state index is -1.91. The van der Waals surface area contributed by atoms with Gasteiger partial charge < -0.3 is 39.0 Å². The van der Waals surface area contributed by atoms with Gasteiger partial charge >= 0.3 is 23.9 Å². The third kappa shape index (κ3) is 37.8. The number of carbonyl (C=O) groups is 4. The SMILES string of the molecule is CCCC/C=C\CCCCCCCC(=O)OC(COC(=O)CCCCCCC/C=C\C/C=C\CCCCC)COC1OC(C(=O)O)C(O)C(O)C1OC(=O)CCCCCCC/C=C\C/C=C\CCCCC. The van der Waals surface area contributed by atoms with Gasteiger partial charge in [-0.3, -0.25) is 14.4 Å². The molecule has 0 aromatic rings. The van der Waals surface area contributed by atoms with Crippen molar-refractivity contribution in [2.24, 2.45) is 0 Å². The van der Waals surface area contributed by atoms with Crippen LogP contribution in [-0.4, -0.2) is 89.2 Å². The highest BCUT2D eigenvalue weighted by Gasteiger charge is 2.50. The predicted molar refractivity (Wildman–Crippen MR) is 285 cm³/mol. The van der Waals surface area contributed by atoms with Crippen LogP contribution in [0.5, 0.6) is 0 Å². The molecule has 12 heteroatoms. The van der Waals surface area contributed by atoms with E-state index in [0.717, 1.165) is 128 Å². The van der Waals surface area contributed by atoms with Crippen LogP contribution < -0.4 is 0 Å². The molecule has 0 amide bonds. The minimum Gasteiger partial charge on any atom is -0.479 e. The van der Waals surface area contributed by atoms with Gasteiger partial charge in [-0.25, -0.2) is 4.79 Å². The van der Waals surface area contributed by atoms with Gasteiger partial charge in [0.15, 0.2) is 24.6 Å². The molecule has 3 N–H and O–H groups in total. The molecule has 1 rings (SSSR count). The molecule has 6 atom stereocenters. The van der Waals surface area contributed by atoms with Gasteiger partial charge in [0.25, 0.3) is 0 Å². The van der Waals surface area contributed by atoms with Crippen LogP contribution in [0.3, 0.4) is 0 Å². The van der Waals surface area contributed by atoms with E-state index in [-0.39, 0.29) is 25.9 Å². The van der Waals surface area contributed by atoms with Crippen molar-refractivity contribution in [2.45, 2.75) is 276 Å². The molecule has 0 spiro atoms. The number of carboxylic acid groups (broad SMARTS) is 1. The summed E-state index contributed by atoms with van der Waals surface area (Å²) in [6.07, 6.45) is 44.8. The Labute approximate surface area is 430 Å². The third-order valence-corrected chi connectivity index (χ3v) is 12.5. The molecule has 71 heavy (non-hydrogen) atoms. The fourth-order valence-electron chi connectivity index (χ4n) is 8.11. The molecule has 1 aliphatic rings. The van der Waals surface area contributed by atoms with Gasteiger partial charge in [-0.15, -0.1) is 0 Å². The van der Waals surface area contributed by atoms with Crippen LogP contribution in [0.15, 0.2) is 60.8 Å². The summed E-state index contributed by atoms with van der Waals surface area (Å²) < 4.78 is 28.3. The number of aliphatic carboxylic acids is 1. The first-order valence-corrected chi connectivity index (χ1v) is 28.3. The molecule has 0 aliphatic carbocycles. The van der Waals surface area contributed by atoms with Crippen LogP contribution in [-0.2, 0) is 42.9 Å². The Hall–Kier alpha value is -3.58. The average Bonchev–Trinajstić information content (AvgIpc) is 3.35. The van der Waals surface area contributed by atoms with Crippen LogP contribution in [0.1, 0.15) is 239 Å². The van der Waals surface area contributed by atoms with E-state index in [4.69, 9.17) is 23.7 Å². The third-order valence-electron chi connectivity index (χ3n) is 12.5.